The lowest BCUT2D eigenvalue weighted by atomic mass is 9.68. The topological polar surface area (TPSA) is 43.3 Å². The van der Waals surface area contributed by atoms with Crippen molar-refractivity contribution >= 4 is 16.7 Å². The molecule has 1 fully saturated rings. The van der Waals surface area contributed by atoms with Crippen LogP contribution in [0.2, 0.25) is 0 Å². The van der Waals surface area contributed by atoms with Gasteiger partial charge in [-0.1, -0.05) is 18.2 Å². The maximum absolute atomic E-state index is 12.1. The van der Waals surface area contributed by atoms with Crippen molar-refractivity contribution in [1.82, 2.24) is 9.88 Å². The average Bonchev–Trinajstić information content (AvgIpc) is 2.88. The molecule has 0 aliphatic carbocycles. The highest BCUT2D eigenvalue weighted by molar-refractivity contribution is 5.93. The minimum atomic E-state index is 0.155. The Labute approximate surface area is 141 Å². The van der Waals surface area contributed by atoms with Gasteiger partial charge in [0.1, 0.15) is 0 Å². The number of rotatable bonds is 1. The fraction of sp³-hybridized carbons (Fsp3) is 0.450. The van der Waals surface area contributed by atoms with Gasteiger partial charge in [0.15, 0.2) is 5.78 Å². The Morgan fingerprint density at radius 2 is 2.17 bits per heavy atom. The molecule has 2 bridgehead atoms. The molecule has 4 nitrogen and oxygen atoms in total. The van der Waals surface area contributed by atoms with E-state index in [2.05, 4.69) is 41.2 Å². The van der Waals surface area contributed by atoms with Crippen molar-refractivity contribution in [2.45, 2.75) is 31.8 Å². The number of aromatic nitrogens is 1. The number of allylic oxidation sites excluding steroid dienone is 1. The summed E-state index contributed by atoms with van der Waals surface area (Å²) in [5.74, 6) is 0.859. The van der Waals surface area contributed by atoms with Crippen LogP contribution in [0, 0.1) is 11.8 Å². The third-order valence-corrected chi connectivity index (χ3v) is 6.26. The zero-order valence-electron chi connectivity index (χ0n) is 14.1. The summed E-state index contributed by atoms with van der Waals surface area (Å²) in [6, 6.07) is 9.38. The van der Waals surface area contributed by atoms with Crippen molar-refractivity contribution in [3.63, 3.8) is 0 Å². The Morgan fingerprint density at radius 1 is 1.33 bits per heavy atom. The van der Waals surface area contributed by atoms with E-state index in [-0.39, 0.29) is 5.78 Å². The van der Waals surface area contributed by atoms with Crippen LogP contribution in [0.5, 0.6) is 0 Å². The van der Waals surface area contributed by atoms with Crippen LogP contribution in [0.15, 0.2) is 36.1 Å². The fourth-order valence-corrected chi connectivity index (χ4v) is 5.20. The summed E-state index contributed by atoms with van der Waals surface area (Å²) in [7, 11) is 2.17. The molecule has 0 saturated carbocycles. The number of para-hydroxylation sites is 1. The number of aryl methyl sites for hydroxylation is 1. The molecule has 5 rings (SSSR count). The molecule has 0 radical (unpaired) electrons. The minimum absolute atomic E-state index is 0.155. The normalized spacial score (nSPS) is 31.0. The molecule has 4 heteroatoms. The van der Waals surface area contributed by atoms with Gasteiger partial charge in [-0.25, -0.2) is 0 Å². The molecule has 3 aliphatic heterocycles. The first-order chi connectivity index (χ1) is 11.6. The van der Waals surface area contributed by atoms with Crippen LogP contribution >= 0.6 is 0 Å². The van der Waals surface area contributed by atoms with Gasteiger partial charge in [0.25, 0.3) is 0 Å². The highest BCUT2D eigenvalue weighted by atomic mass is 16.5. The Kier molecular flexibility index (Phi) is 2.95. The van der Waals surface area contributed by atoms with Gasteiger partial charge in [-0.05, 0) is 37.3 Å². The van der Waals surface area contributed by atoms with Gasteiger partial charge in [0, 0.05) is 47.2 Å². The van der Waals surface area contributed by atoms with E-state index in [1.54, 1.807) is 13.2 Å². The van der Waals surface area contributed by atoms with E-state index < -0.39 is 0 Å². The highest BCUT2D eigenvalue weighted by Crippen LogP contribution is 2.47. The van der Waals surface area contributed by atoms with E-state index in [4.69, 9.17) is 4.74 Å². The summed E-state index contributed by atoms with van der Waals surface area (Å²) in [5.41, 5.74) is 5.07. The summed E-state index contributed by atoms with van der Waals surface area (Å²) >= 11 is 0. The van der Waals surface area contributed by atoms with Crippen molar-refractivity contribution in [2.75, 3.05) is 6.61 Å². The van der Waals surface area contributed by atoms with E-state index in [1.165, 1.54) is 22.2 Å². The first kappa shape index (κ1) is 14.3. The van der Waals surface area contributed by atoms with E-state index >= 15 is 0 Å². The summed E-state index contributed by atoms with van der Waals surface area (Å²) in [5, 5.41) is 5.21. The molecule has 124 valence electrons. The van der Waals surface area contributed by atoms with Crippen molar-refractivity contribution < 1.29 is 9.53 Å². The minimum Gasteiger partial charge on any atom is -0.500 e. The Bertz CT molecular complexity index is 879. The molecule has 24 heavy (non-hydrogen) atoms. The maximum atomic E-state index is 12.1. The van der Waals surface area contributed by atoms with E-state index in [0.29, 0.717) is 30.5 Å². The number of hydrogen-bond acceptors (Lipinski definition) is 3. The van der Waals surface area contributed by atoms with Crippen LogP contribution in [0.25, 0.3) is 10.9 Å². The number of hydrogen-bond donors (Lipinski definition) is 1. The molecule has 1 aromatic heterocycles. The number of benzene rings is 1. The predicted molar refractivity (Wildman–Crippen MR) is 92.6 cm³/mol. The monoisotopic (exact) mass is 322 g/mol. The van der Waals surface area contributed by atoms with Gasteiger partial charge >= 0.3 is 0 Å². The average molecular weight is 322 g/mol. The Balaban J connectivity index is 1.65. The third-order valence-electron chi connectivity index (χ3n) is 6.26. The van der Waals surface area contributed by atoms with Crippen molar-refractivity contribution in [3.8, 4) is 0 Å². The van der Waals surface area contributed by atoms with E-state index in [9.17, 15) is 4.79 Å². The zero-order valence-corrected chi connectivity index (χ0v) is 14.1. The van der Waals surface area contributed by atoms with Crippen LogP contribution in [0.4, 0.5) is 0 Å². The summed E-state index contributed by atoms with van der Waals surface area (Å²) < 4.78 is 8.00. The molecule has 1 N–H and O–H groups in total. The SMILES string of the molecule is CC(=O)C1=COCC2C3Cc4c(n(C)c5ccccc45)C(CC12)N3. The number of nitrogens with zero attached hydrogens (tertiary/aromatic N) is 1. The number of piperidine rings is 1. The highest BCUT2D eigenvalue weighted by Gasteiger charge is 2.46. The Hall–Kier alpha value is -2.07. The molecular formula is C20H22N2O2. The molecule has 0 spiro atoms. The van der Waals surface area contributed by atoms with Gasteiger partial charge in [-0.2, -0.15) is 0 Å². The smallest absolute Gasteiger partial charge is 0.159 e. The summed E-state index contributed by atoms with van der Waals surface area (Å²) in [6.07, 6.45) is 3.71. The van der Waals surface area contributed by atoms with E-state index in [1.807, 2.05) is 0 Å². The van der Waals surface area contributed by atoms with Crippen LogP contribution in [-0.4, -0.2) is 23.0 Å². The second-order valence-corrected chi connectivity index (χ2v) is 7.44. The van der Waals surface area contributed by atoms with Crippen LogP contribution in [-0.2, 0) is 23.0 Å². The van der Waals surface area contributed by atoms with Crippen LogP contribution in [0.3, 0.4) is 0 Å². The molecule has 1 aromatic carbocycles. The lowest BCUT2D eigenvalue weighted by molar-refractivity contribution is -0.115. The molecule has 2 aromatic rings. The third kappa shape index (κ3) is 1.80. The van der Waals surface area contributed by atoms with Crippen LogP contribution in [0.1, 0.15) is 30.6 Å². The summed E-state index contributed by atoms with van der Waals surface area (Å²) in [6.45, 7) is 2.38. The molecule has 3 aliphatic rings. The lowest BCUT2D eigenvalue weighted by Gasteiger charge is -2.48. The van der Waals surface area contributed by atoms with Crippen molar-refractivity contribution in [3.05, 3.63) is 47.4 Å². The quantitative estimate of drug-likeness (QED) is 0.878. The Morgan fingerprint density at radius 3 is 3.00 bits per heavy atom. The fourth-order valence-electron chi connectivity index (χ4n) is 5.20. The number of carbonyl (C=O) groups is 1. The number of nitrogens with one attached hydrogen (secondary N) is 1. The van der Waals surface area contributed by atoms with Gasteiger partial charge < -0.3 is 14.6 Å². The van der Waals surface area contributed by atoms with Crippen LogP contribution < -0.4 is 5.32 Å². The largest absolute Gasteiger partial charge is 0.500 e. The zero-order chi connectivity index (χ0) is 16.4. The van der Waals surface area contributed by atoms with Crippen molar-refractivity contribution in [2.24, 2.45) is 18.9 Å². The molecule has 4 unspecified atom stereocenters. The second-order valence-electron chi connectivity index (χ2n) is 7.44. The summed E-state index contributed by atoms with van der Waals surface area (Å²) in [4.78, 5) is 12.1. The van der Waals surface area contributed by atoms with Crippen molar-refractivity contribution in [1.29, 1.82) is 0 Å². The lowest BCUT2D eigenvalue weighted by Crippen LogP contribution is -2.55. The number of carbonyl (C=O) groups excluding carboxylic acids is 1. The van der Waals surface area contributed by atoms with Gasteiger partial charge in [0.2, 0.25) is 0 Å². The molecule has 1 saturated heterocycles. The molecule has 4 atom stereocenters. The van der Waals surface area contributed by atoms with E-state index in [0.717, 1.165) is 18.4 Å². The first-order valence-corrected chi connectivity index (χ1v) is 8.80. The van der Waals surface area contributed by atoms with Gasteiger partial charge in [0.05, 0.1) is 12.9 Å². The molecule has 4 heterocycles. The predicted octanol–water partition coefficient (Wildman–Crippen LogP) is 2.87. The molecule has 0 amide bonds. The maximum Gasteiger partial charge on any atom is 0.159 e. The van der Waals surface area contributed by atoms with Gasteiger partial charge in [-0.3, -0.25) is 4.79 Å². The number of Topliss-reactive ketones (excluding diaryl/α,β-unsaturated/α-hetero) is 1. The number of ketones is 1. The first-order valence-electron chi connectivity index (χ1n) is 8.80. The second kappa shape index (κ2) is 4.96. The molecular weight excluding hydrogens is 300 g/mol. The number of fused-ring (bicyclic) bond motifs is 8. The number of ether oxygens (including phenoxy) is 1. The van der Waals surface area contributed by atoms with Gasteiger partial charge in [-0.15, -0.1) is 0 Å². The standard InChI is InChI=1S/C20H22N2O2/c1-11(23)15-9-24-10-16-13(15)7-18-20-14(8-17(16)21-18)12-5-3-4-6-19(12)22(20)2/h3-6,9,13,16-18,21H,7-8,10H2,1-2H3.